The Hall–Kier alpha value is -1.10. The summed E-state index contributed by atoms with van der Waals surface area (Å²) in [7, 11) is 2.14. The van der Waals surface area contributed by atoms with Gasteiger partial charge >= 0.3 is 5.97 Å². The quantitative estimate of drug-likeness (QED) is 0.706. The lowest BCUT2D eigenvalue weighted by molar-refractivity contribution is -0.143. The first-order valence-corrected chi connectivity index (χ1v) is 7.22. The molecule has 1 fully saturated rings. The van der Waals surface area contributed by atoms with Crippen molar-refractivity contribution in [3.63, 3.8) is 0 Å². The van der Waals surface area contributed by atoms with E-state index in [2.05, 4.69) is 17.3 Å². The lowest BCUT2D eigenvalue weighted by Crippen LogP contribution is -2.31. The number of amides is 1. The minimum Gasteiger partial charge on any atom is -0.466 e. The molecular formula is C14H26N2O3. The third-order valence-corrected chi connectivity index (χ3v) is 3.57. The number of likely N-dealkylation sites (tertiary alicyclic amines) is 1. The maximum atomic E-state index is 11.6. The molecule has 1 saturated heterocycles. The van der Waals surface area contributed by atoms with Crippen LogP contribution in [-0.2, 0) is 14.3 Å². The smallest absolute Gasteiger partial charge is 0.307 e. The zero-order valence-electron chi connectivity index (χ0n) is 12.1. The Bertz CT molecular complexity index is 286. The molecule has 0 aromatic carbocycles. The molecular weight excluding hydrogens is 244 g/mol. The molecule has 0 aromatic heterocycles. The van der Waals surface area contributed by atoms with Gasteiger partial charge in [-0.15, -0.1) is 0 Å². The van der Waals surface area contributed by atoms with E-state index in [-0.39, 0.29) is 18.3 Å². The van der Waals surface area contributed by atoms with E-state index in [1.165, 1.54) is 12.8 Å². The molecule has 1 aliphatic rings. The summed E-state index contributed by atoms with van der Waals surface area (Å²) in [6.07, 6.45) is 4.16. The average molecular weight is 270 g/mol. The molecule has 110 valence electrons. The van der Waals surface area contributed by atoms with Gasteiger partial charge in [-0.1, -0.05) is 0 Å². The molecule has 0 radical (unpaired) electrons. The summed E-state index contributed by atoms with van der Waals surface area (Å²) < 4.78 is 4.79. The molecule has 0 saturated carbocycles. The maximum absolute atomic E-state index is 11.6. The van der Waals surface area contributed by atoms with Crippen LogP contribution >= 0.6 is 0 Å². The van der Waals surface area contributed by atoms with Crippen LogP contribution in [0, 0.1) is 5.92 Å². The Morgan fingerprint density at radius 1 is 1.26 bits per heavy atom. The number of piperidine rings is 1. The number of rotatable bonds is 7. The van der Waals surface area contributed by atoms with Gasteiger partial charge in [-0.2, -0.15) is 0 Å². The van der Waals surface area contributed by atoms with E-state index in [4.69, 9.17) is 4.74 Å². The van der Waals surface area contributed by atoms with E-state index in [0.29, 0.717) is 25.5 Å². The summed E-state index contributed by atoms with van der Waals surface area (Å²) in [5.74, 6) is 0.466. The molecule has 0 unspecified atom stereocenters. The lowest BCUT2D eigenvalue weighted by Gasteiger charge is -2.28. The monoisotopic (exact) mass is 270 g/mol. The highest BCUT2D eigenvalue weighted by Gasteiger charge is 2.17. The Labute approximate surface area is 115 Å². The van der Waals surface area contributed by atoms with E-state index in [0.717, 1.165) is 19.5 Å². The fraction of sp³-hybridized carbons (Fsp3) is 0.857. The zero-order valence-corrected chi connectivity index (χ0v) is 12.1. The van der Waals surface area contributed by atoms with Crippen LogP contribution in [0.15, 0.2) is 0 Å². The molecule has 0 spiro atoms. The highest BCUT2D eigenvalue weighted by atomic mass is 16.5. The van der Waals surface area contributed by atoms with E-state index in [1.54, 1.807) is 6.92 Å². The fourth-order valence-corrected chi connectivity index (χ4v) is 2.31. The normalized spacial score (nSPS) is 17.2. The first-order chi connectivity index (χ1) is 9.11. The van der Waals surface area contributed by atoms with Crippen LogP contribution in [0.3, 0.4) is 0 Å². The van der Waals surface area contributed by atoms with Gasteiger partial charge < -0.3 is 15.0 Å². The van der Waals surface area contributed by atoms with Gasteiger partial charge in [0.15, 0.2) is 0 Å². The third kappa shape index (κ3) is 7.15. The predicted molar refractivity (Wildman–Crippen MR) is 73.7 cm³/mol. The van der Waals surface area contributed by atoms with Gasteiger partial charge in [-0.3, -0.25) is 9.59 Å². The van der Waals surface area contributed by atoms with Gasteiger partial charge in [-0.25, -0.2) is 0 Å². The third-order valence-electron chi connectivity index (χ3n) is 3.57. The fourth-order valence-electron chi connectivity index (χ4n) is 2.31. The molecule has 1 heterocycles. The van der Waals surface area contributed by atoms with Gasteiger partial charge in [-0.05, 0) is 52.2 Å². The van der Waals surface area contributed by atoms with Gasteiger partial charge in [0.2, 0.25) is 5.91 Å². The van der Waals surface area contributed by atoms with Crippen molar-refractivity contribution in [3.8, 4) is 0 Å². The summed E-state index contributed by atoms with van der Waals surface area (Å²) in [6.45, 7) is 4.82. The van der Waals surface area contributed by atoms with Crippen LogP contribution < -0.4 is 5.32 Å². The topological polar surface area (TPSA) is 58.6 Å². The van der Waals surface area contributed by atoms with Crippen molar-refractivity contribution in [2.45, 2.75) is 39.0 Å². The highest BCUT2D eigenvalue weighted by molar-refractivity contribution is 5.77. The van der Waals surface area contributed by atoms with Gasteiger partial charge in [0.1, 0.15) is 0 Å². The maximum Gasteiger partial charge on any atom is 0.307 e. The van der Waals surface area contributed by atoms with E-state index in [9.17, 15) is 9.59 Å². The van der Waals surface area contributed by atoms with Crippen LogP contribution in [0.5, 0.6) is 0 Å². The SMILES string of the molecule is CCOC(=O)CCNC(=O)CCC1CCN(C)CC1. The van der Waals surface area contributed by atoms with Crippen LogP contribution in [0.1, 0.15) is 39.0 Å². The Morgan fingerprint density at radius 3 is 2.58 bits per heavy atom. The van der Waals surface area contributed by atoms with Crippen LogP contribution in [-0.4, -0.2) is 50.1 Å². The zero-order chi connectivity index (χ0) is 14.1. The number of carbonyl (C=O) groups is 2. The minimum absolute atomic E-state index is 0.0447. The van der Waals surface area contributed by atoms with Crippen molar-refractivity contribution in [3.05, 3.63) is 0 Å². The molecule has 5 heteroatoms. The largest absolute Gasteiger partial charge is 0.466 e. The van der Waals surface area contributed by atoms with Crippen molar-refractivity contribution in [2.24, 2.45) is 5.92 Å². The van der Waals surface area contributed by atoms with Crippen molar-refractivity contribution in [2.75, 3.05) is 33.3 Å². The van der Waals surface area contributed by atoms with Gasteiger partial charge in [0, 0.05) is 13.0 Å². The molecule has 0 aliphatic carbocycles. The Kier molecular flexibility index (Phi) is 7.48. The molecule has 1 rings (SSSR count). The van der Waals surface area contributed by atoms with Crippen molar-refractivity contribution >= 4 is 11.9 Å². The van der Waals surface area contributed by atoms with E-state index >= 15 is 0 Å². The summed E-state index contributed by atoms with van der Waals surface area (Å²) in [4.78, 5) is 25.0. The van der Waals surface area contributed by atoms with Crippen molar-refractivity contribution in [1.82, 2.24) is 10.2 Å². The second kappa shape index (κ2) is 8.91. The Morgan fingerprint density at radius 2 is 1.95 bits per heavy atom. The standard InChI is InChI=1S/C14H26N2O3/c1-3-19-14(18)6-9-15-13(17)5-4-12-7-10-16(2)11-8-12/h12H,3-11H2,1-2H3,(H,15,17). The van der Waals surface area contributed by atoms with E-state index in [1.807, 2.05) is 0 Å². The summed E-state index contributed by atoms with van der Waals surface area (Å²) in [6, 6.07) is 0. The summed E-state index contributed by atoms with van der Waals surface area (Å²) >= 11 is 0. The highest BCUT2D eigenvalue weighted by Crippen LogP contribution is 2.20. The van der Waals surface area contributed by atoms with Gasteiger partial charge in [0.25, 0.3) is 0 Å². The van der Waals surface area contributed by atoms with Crippen molar-refractivity contribution < 1.29 is 14.3 Å². The van der Waals surface area contributed by atoms with E-state index < -0.39 is 0 Å². The minimum atomic E-state index is -0.252. The molecule has 1 aliphatic heterocycles. The second-order valence-corrected chi connectivity index (χ2v) is 5.19. The van der Waals surface area contributed by atoms with Gasteiger partial charge in [0.05, 0.1) is 13.0 Å². The number of nitrogens with zero attached hydrogens (tertiary/aromatic N) is 1. The molecule has 0 aromatic rings. The van der Waals surface area contributed by atoms with Crippen molar-refractivity contribution in [1.29, 1.82) is 0 Å². The molecule has 19 heavy (non-hydrogen) atoms. The molecule has 0 atom stereocenters. The predicted octanol–water partition coefficient (Wildman–Crippen LogP) is 1.18. The first kappa shape index (κ1) is 16.0. The second-order valence-electron chi connectivity index (χ2n) is 5.19. The molecule has 1 amide bonds. The number of hydrogen-bond donors (Lipinski definition) is 1. The molecule has 5 nitrogen and oxygen atoms in total. The first-order valence-electron chi connectivity index (χ1n) is 7.22. The number of esters is 1. The summed E-state index contributed by atoms with van der Waals surface area (Å²) in [5, 5.41) is 2.77. The lowest BCUT2D eigenvalue weighted by atomic mass is 9.92. The number of hydrogen-bond acceptors (Lipinski definition) is 4. The van der Waals surface area contributed by atoms with Crippen LogP contribution in [0.4, 0.5) is 0 Å². The van der Waals surface area contributed by atoms with Crippen LogP contribution in [0.25, 0.3) is 0 Å². The number of ether oxygens (including phenoxy) is 1. The average Bonchev–Trinajstić information content (AvgIpc) is 2.38. The molecule has 1 N–H and O–H groups in total. The number of carbonyl (C=O) groups excluding carboxylic acids is 2. The van der Waals surface area contributed by atoms with Crippen LogP contribution in [0.2, 0.25) is 0 Å². The number of nitrogens with one attached hydrogen (secondary N) is 1. The summed E-state index contributed by atoms with van der Waals surface area (Å²) in [5.41, 5.74) is 0. The Balaban J connectivity index is 2.03. The molecule has 0 bridgehead atoms.